The molecule has 1 aliphatic rings. The molecule has 8 nitrogen and oxygen atoms in total. The molecule has 0 bridgehead atoms. The van der Waals surface area contributed by atoms with Crippen molar-refractivity contribution in [2.24, 2.45) is 16.5 Å². The van der Waals surface area contributed by atoms with Crippen LogP contribution in [0.2, 0.25) is 0 Å². The molecule has 0 amide bonds. The van der Waals surface area contributed by atoms with Gasteiger partial charge in [0, 0.05) is 19.0 Å². The summed E-state index contributed by atoms with van der Waals surface area (Å²) in [5, 5.41) is 19.4. The number of carboxylic acid groups (broad SMARTS) is 2. The fourth-order valence-corrected chi connectivity index (χ4v) is 1.14. The number of aliphatic carboxylic acids is 2. The van der Waals surface area contributed by atoms with E-state index < -0.39 is 18.0 Å². The average molecular weight is 288 g/mol. The Labute approximate surface area is 118 Å². The summed E-state index contributed by atoms with van der Waals surface area (Å²) in [6.07, 6.45) is 3.59. The van der Waals surface area contributed by atoms with Gasteiger partial charge in [0.05, 0.1) is 0 Å². The van der Waals surface area contributed by atoms with E-state index in [1.165, 1.54) is 0 Å². The van der Waals surface area contributed by atoms with Gasteiger partial charge < -0.3 is 27.0 Å². The lowest BCUT2D eigenvalue weighted by Crippen LogP contribution is -2.34. The molecule has 0 radical (unpaired) electrons. The van der Waals surface area contributed by atoms with Crippen molar-refractivity contribution in [2.75, 3.05) is 6.54 Å². The molecule has 1 atom stereocenters. The van der Waals surface area contributed by atoms with E-state index in [1.54, 1.807) is 0 Å². The van der Waals surface area contributed by atoms with Gasteiger partial charge in [0.15, 0.2) is 5.96 Å². The predicted molar refractivity (Wildman–Crippen MR) is 75.4 cm³/mol. The Kier molecular flexibility index (Phi) is 9.10. The van der Waals surface area contributed by atoms with E-state index in [0.717, 1.165) is 19.3 Å². The molecule has 0 spiro atoms. The Balaban J connectivity index is 0.000000511. The molecular weight excluding hydrogens is 264 g/mol. The smallest absolute Gasteiger partial charge is 0.320 e. The van der Waals surface area contributed by atoms with E-state index in [4.69, 9.17) is 21.7 Å². The molecule has 1 saturated carbocycles. The SMILES string of the molecule is CCCC(=O)O.NC(=NCC[C@H](N)C(=O)O)NC1CC1. The van der Waals surface area contributed by atoms with Crippen LogP contribution in [0.1, 0.15) is 39.0 Å². The highest BCUT2D eigenvalue weighted by atomic mass is 16.4. The molecule has 0 aromatic carbocycles. The Morgan fingerprint density at radius 1 is 1.40 bits per heavy atom. The number of carboxylic acids is 2. The fourth-order valence-electron chi connectivity index (χ4n) is 1.14. The van der Waals surface area contributed by atoms with Crippen LogP contribution in [0.3, 0.4) is 0 Å². The quantitative estimate of drug-likeness (QED) is 0.319. The van der Waals surface area contributed by atoms with Crippen LogP contribution in [0.15, 0.2) is 4.99 Å². The topological polar surface area (TPSA) is 151 Å². The number of hydrogen-bond donors (Lipinski definition) is 5. The lowest BCUT2D eigenvalue weighted by atomic mass is 10.2. The number of nitrogens with two attached hydrogens (primary N) is 2. The summed E-state index contributed by atoms with van der Waals surface area (Å²) in [6, 6.07) is -0.389. The van der Waals surface area contributed by atoms with E-state index in [9.17, 15) is 9.59 Å². The van der Waals surface area contributed by atoms with Gasteiger partial charge in [-0.1, -0.05) is 6.92 Å². The predicted octanol–water partition coefficient (Wildman–Crippen LogP) is -0.274. The maximum atomic E-state index is 10.3. The lowest BCUT2D eigenvalue weighted by Gasteiger charge is -2.05. The minimum absolute atomic E-state index is 0.292. The summed E-state index contributed by atoms with van der Waals surface area (Å²) in [5.41, 5.74) is 10.8. The van der Waals surface area contributed by atoms with Gasteiger partial charge in [0.1, 0.15) is 6.04 Å². The third kappa shape index (κ3) is 11.3. The Morgan fingerprint density at radius 3 is 2.35 bits per heavy atom. The van der Waals surface area contributed by atoms with Gasteiger partial charge in [-0.2, -0.15) is 0 Å². The summed E-state index contributed by atoms with van der Waals surface area (Å²) in [6.45, 7) is 2.19. The first-order chi connectivity index (χ1) is 9.36. The van der Waals surface area contributed by atoms with E-state index >= 15 is 0 Å². The Hall–Kier alpha value is -1.83. The number of rotatable bonds is 7. The minimum Gasteiger partial charge on any atom is -0.481 e. The van der Waals surface area contributed by atoms with Crippen molar-refractivity contribution in [1.29, 1.82) is 0 Å². The third-order valence-corrected chi connectivity index (χ3v) is 2.43. The average Bonchev–Trinajstić information content (AvgIpc) is 3.13. The maximum Gasteiger partial charge on any atom is 0.320 e. The van der Waals surface area contributed by atoms with Gasteiger partial charge in [-0.3, -0.25) is 14.6 Å². The first kappa shape index (κ1) is 18.2. The van der Waals surface area contributed by atoms with Crippen LogP contribution >= 0.6 is 0 Å². The van der Waals surface area contributed by atoms with E-state index in [1.807, 2.05) is 6.92 Å². The van der Waals surface area contributed by atoms with Crippen LogP contribution in [0.4, 0.5) is 0 Å². The van der Waals surface area contributed by atoms with Crippen molar-refractivity contribution in [3.63, 3.8) is 0 Å². The van der Waals surface area contributed by atoms with Crippen molar-refractivity contribution < 1.29 is 19.8 Å². The molecular formula is C12H24N4O4. The highest BCUT2D eigenvalue weighted by molar-refractivity contribution is 5.78. The highest BCUT2D eigenvalue weighted by Crippen LogP contribution is 2.17. The molecule has 20 heavy (non-hydrogen) atoms. The van der Waals surface area contributed by atoms with Crippen molar-refractivity contribution in [1.82, 2.24) is 5.32 Å². The van der Waals surface area contributed by atoms with Gasteiger partial charge in [-0.25, -0.2) is 0 Å². The van der Waals surface area contributed by atoms with Crippen LogP contribution in [0.5, 0.6) is 0 Å². The van der Waals surface area contributed by atoms with Crippen molar-refractivity contribution in [3.8, 4) is 0 Å². The summed E-state index contributed by atoms with van der Waals surface area (Å²) < 4.78 is 0. The van der Waals surface area contributed by atoms with Crippen LogP contribution in [0, 0.1) is 0 Å². The zero-order valence-electron chi connectivity index (χ0n) is 11.7. The second-order valence-electron chi connectivity index (χ2n) is 4.56. The van der Waals surface area contributed by atoms with Crippen molar-refractivity contribution >= 4 is 17.9 Å². The first-order valence-corrected chi connectivity index (χ1v) is 6.63. The van der Waals surface area contributed by atoms with E-state index in [-0.39, 0.29) is 0 Å². The molecule has 116 valence electrons. The third-order valence-electron chi connectivity index (χ3n) is 2.43. The maximum absolute atomic E-state index is 10.3. The second-order valence-corrected chi connectivity index (χ2v) is 4.56. The minimum atomic E-state index is -1.01. The van der Waals surface area contributed by atoms with Crippen molar-refractivity contribution in [2.45, 2.75) is 51.1 Å². The lowest BCUT2D eigenvalue weighted by molar-refractivity contribution is -0.139. The molecule has 0 unspecified atom stereocenters. The zero-order chi connectivity index (χ0) is 15.5. The van der Waals surface area contributed by atoms with Gasteiger partial charge in [0.25, 0.3) is 0 Å². The largest absolute Gasteiger partial charge is 0.481 e. The van der Waals surface area contributed by atoms with Crippen LogP contribution in [0.25, 0.3) is 0 Å². The Morgan fingerprint density at radius 2 is 2.00 bits per heavy atom. The number of hydrogen-bond acceptors (Lipinski definition) is 4. The second kappa shape index (κ2) is 10.0. The first-order valence-electron chi connectivity index (χ1n) is 6.63. The normalized spacial score (nSPS) is 15.8. The molecule has 0 aliphatic heterocycles. The van der Waals surface area contributed by atoms with Gasteiger partial charge in [-0.15, -0.1) is 0 Å². The van der Waals surface area contributed by atoms with Gasteiger partial charge >= 0.3 is 11.9 Å². The number of nitrogens with one attached hydrogen (secondary N) is 1. The summed E-state index contributed by atoms with van der Waals surface area (Å²) in [4.78, 5) is 23.9. The molecule has 8 heteroatoms. The molecule has 1 aliphatic carbocycles. The zero-order valence-corrected chi connectivity index (χ0v) is 11.7. The van der Waals surface area contributed by atoms with E-state index in [0.29, 0.717) is 31.4 Å². The molecule has 7 N–H and O–H groups in total. The summed E-state index contributed by atoms with van der Waals surface area (Å²) in [7, 11) is 0. The van der Waals surface area contributed by atoms with Crippen LogP contribution in [-0.4, -0.2) is 46.7 Å². The molecule has 0 aromatic rings. The van der Waals surface area contributed by atoms with E-state index in [2.05, 4.69) is 10.3 Å². The van der Waals surface area contributed by atoms with Crippen LogP contribution < -0.4 is 16.8 Å². The number of carbonyl (C=O) groups is 2. The molecule has 0 saturated heterocycles. The van der Waals surface area contributed by atoms with Crippen LogP contribution in [-0.2, 0) is 9.59 Å². The monoisotopic (exact) mass is 288 g/mol. The number of aliphatic imine (C=N–C) groups is 1. The summed E-state index contributed by atoms with van der Waals surface area (Å²) in [5.74, 6) is -1.34. The highest BCUT2D eigenvalue weighted by Gasteiger charge is 2.21. The van der Waals surface area contributed by atoms with Gasteiger partial charge in [-0.05, 0) is 25.7 Å². The molecule has 1 fully saturated rings. The molecule has 1 rings (SSSR count). The van der Waals surface area contributed by atoms with Gasteiger partial charge in [0.2, 0.25) is 0 Å². The van der Waals surface area contributed by atoms with Crippen molar-refractivity contribution in [3.05, 3.63) is 0 Å². The number of guanidine groups is 1. The molecule has 0 heterocycles. The summed E-state index contributed by atoms with van der Waals surface area (Å²) >= 11 is 0. The Bertz CT molecular complexity index is 342. The number of nitrogens with zero attached hydrogens (tertiary/aromatic N) is 1. The standard InChI is InChI=1S/C8H16N4O2.C4H8O2/c9-6(7(13)14)3-4-11-8(10)12-5-1-2-5;1-2-3-4(5)6/h5-6H,1-4,9H2,(H,13,14)(H3,10,11,12);2-3H2,1H3,(H,5,6)/t6-;/m0./s1. The fraction of sp³-hybridized carbons (Fsp3) is 0.750. The molecule has 0 aromatic heterocycles.